The predicted octanol–water partition coefficient (Wildman–Crippen LogP) is 4.90. The molecule has 0 aliphatic heterocycles. The number of nitrogens with zero attached hydrogens (tertiary/aromatic N) is 4. The van der Waals surface area contributed by atoms with Crippen molar-refractivity contribution in [3.05, 3.63) is 78.4 Å². The lowest BCUT2D eigenvalue weighted by Crippen LogP contribution is -2.03. The van der Waals surface area contributed by atoms with E-state index in [1.807, 2.05) is 81.1 Å². The first-order valence-electron chi connectivity index (χ1n) is 9.75. The van der Waals surface area contributed by atoms with E-state index in [1.165, 1.54) is 0 Å². The zero-order valence-electron chi connectivity index (χ0n) is 17.5. The van der Waals surface area contributed by atoms with Gasteiger partial charge in [0, 0.05) is 35.8 Å². The smallest absolute Gasteiger partial charge is 0.213 e. The average Bonchev–Trinajstić information content (AvgIpc) is 3.21. The highest BCUT2D eigenvalue weighted by Gasteiger charge is 2.06. The van der Waals surface area contributed by atoms with Gasteiger partial charge in [0.2, 0.25) is 5.88 Å². The highest BCUT2D eigenvalue weighted by atomic mass is 16.5. The summed E-state index contributed by atoms with van der Waals surface area (Å²) in [5, 5.41) is 4.40. The molecule has 0 atom stereocenters. The van der Waals surface area contributed by atoms with E-state index < -0.39 is 0 Å². The highest BCUT2D eigenvalue weighted by molar-refractivity contribution is 5.72. The topological polar surface area (TPSA) is 78.9 Å². The fourth-order valence-electron chi connectivity index (χ4n) is 2.52. The number of allylic oxidation sites excluding steroid dienone is 3. The van der Waals surface area contributed by atoms with Crippen molar-refractivity contribution in [1.82, 2.24) is 19.7 Å². The normalized spacial score (nSPS) is 11.2. The third-order valence-corrected chi connectivity index (χ3v) is 3.95. The van der Waals surface area contributed by atoms with Crippen LogP contribution in [-0.2, 0) is 6.54 Å². The van der Waals surface area contributed by atoms with Gasteiger partial charge >= 0.3 is 0 Å². The van der Waals surface area contributed by atoms with Gasteiger partial charge in [0.1, 0.15) is 12.4 Å². The van der Waals surface area contributed by atoms with Crippen molar-refractivity contribution >= 4 is 5.82 Å². The van der Waals surface area contributed by atoms with E-state index in [9.17, 15) is 0 Å². The SMILES string of the molecule is C/C=C\C=C(/C)COc1ccc(Cn2cc(-c3cccnc3N)cn2)cn1.CC. The van der Waals surface area contributed by atoms with E-state index in [4.69, 9.17) is 10.5 Å². The van der Waals surface area contributed by atoms with Crippen LogP contribution in [0.4, 0.5) is 5.82 Å². The molecule has 6 heteroatoms. The molecular weight excluding hydrogens is 362 g/mol. The Hall–Kier alpha value is -3.41. The Labute approximate surface area is 172 Å². The molecule has 0 aliphatic rings. The van der Waals surface area contributed by atoms with Crippen molar-refractivity contribution < 1.29 is 4.74 Å². The monoisotopic (exact) mass is 391 g/mol. The summed E-state index contributed by atoms with van der Waals surface area (Å²) in [7, 11) is 0. The fraction of sp³-hybridized carbons (Fsp3) is 0.261. The molecule has 152 valence electrons. The lowest BCUT2D eigenvalue weighted by Gasteiger charge is -2.06. The number of nitrogens with two attached hydrogens (primary N) is 1. The first-order chi connectivity index (χ1) is 14.2. The molecule has 0 spiro atoms. The first kappa shape index (κ1) is 21.9. The maximum atomic E-state index is 5.93. The van der Waals surface area contributed by atoms with Crippen molar-refractivity contribution in [2.24, 2.45) is 0 Å². The van der Waals surface area contributed by atoms with Gasteiger partial charge in [0.05, 0.1) is 12.7 Å². The largest absolute Gasteiger partial charge is 0.473 e. The molecule has 0 saturated heterocycles. The molecule has 0 fully saturated rings. The second-order valence-corrected chi connectivity index (χ2v) is 6.19. The van der Waals surface area contributed by atoms with Crippen LogP contribution in [0.3, 0.4) is 0 Å². The Morgan fingerprint density at radius 3 is 2.69 bits per heavy atom. The van der Waals surface area contributed by atoms with E-state index in [1.54, 1.807) is 18.6 Å². The molecule has 0 aromatic carbocycles. The van der Waals surface area contributed by atoms with Gasteiger partial charge in [-0.25, -0.2) is 9.97 Å². The average molecular weight is 392 g/mol. The molecule has 0 aliphatic carbocycles. The van der Waals surface area contributed by atoms with Gasteiger partial charge in [-0.2, -0.15) is 5.10 Å². The van der Waals surface area contributed by atoms with Crippen LogP contribution in [-0.4, -0.2) is 26.4 Å². The minimum absolute atomic E-state index is 0.499. The number of pyridine rings is 2. The molecule has 2 N–H and O–H groups in total. The molecule has 29 heavy (non-hydrogen) atoms. The maximum Gasteiger partial charge on any atom is 0.213 e. The van der Waals surface area contributed by atoms with Crippen LogP contribution in [0.5, 0.6) is 5.88 Å². The van der Waals surface area contributed by atoms with Crippen molar-refractivity contribution in [3.63, 3.8) is 0 Å². The molecule has 3 aromatic rings. The maximum absolute atomic E-state index is 5.93. The van der Waals surface area contributed by atoms with Gasteiger partial charge < -0.3 is 10.5 Å². The summed E-state index contributed by atoms with van der Waals surface area (Å²) in [5.74, 6) is 1.11. The van der Waals surface area contributed by atoms with E-state index in [-0.39, 0.29) is 0 Å². The third-order valence-electron chi connectivity index (χ3n) is 3.95. The van der Waals surface area contributed by atoms with Gasteiger partial charge in [-0.05, 0) is 37.1 Å². The lowest BCUT2D eigenvalue weighted by atomic mass is 10.1. The Morgan fingerprint density at radius 1 is 1.17 bits per heavy atom. The number of hydrogen-bond donors (Lipinski definition) is 1. The summed E-state index contributed by atoms with van der Waals surface area (Å²) in [6.45, 7) is 9.15. The molecule has 3 heterocycles. The Morgan fingerprint density at radius 2 is 2.00 bits per heavy atom. The third kappa shape index (κ3) is 6.60. The van der Waals surface area contributed by atoms with E-state index in [0.29, 0.717) is 24.8 Å². The van der Waals surface area contributed by atoms with Crippen LogP contribution in [0.2, 0.25) is 0 Å². The van der Waals surface area contributed by atoms with Crippen molar-refractivity contribution in [1.29, 1.82) is 0 Å². The number of hydrogen-bond acceptors (Lipinski definition) is 5. The summed E-state index contributed by atoms with van der Waals surface area (Å²) >= 11 is 0. The van der Waals surface area contributed by atoms with Crippen LogP contribution in [0.15, 0.2) is 72.9 Å². The van der Waals surface area contributed by atoms with Gasteiger partial charge in [0.15, 0.2) is 0 Å². The van der Waals surface area contributed by atoms with Gasteiger partial charge in [-0.15, -0.1) is 0 Å². The van der Waals surface area contributed by atoms with E-state index in [2.05, 4.69) is 15.1 Å². The zero-order chi connectivity index (χ0) is 21.1. The van der Waals surface area contributed by atoms with Crippen molar-refractivity contribution in [3.8, 4) is 17.0 Å². The van der Waals surface area contributed by atoms with Gasteiger partial charge in [-0.3, -0.25) is 4.68 Å². The molecule has 6 nitrogen and oxygen atoms in total. The van der Waals surface area contributed by atoms with Crippen LogP contribution < -0.4 is 10.5 Å². The molecule has 0 bridgehead atoms. The molecule has 3 rings (SSSR count). The molecule has 3 aromatic heterocycles. The molecule has 0 unspecified atom stereocenters. The minimum Gasteiger partial charge on any atom is -0.473 e. The number of anilines is 1. The quantitative estimate of drug-likeness (QED) is 0.580. The van der Waals surface area contributed by atoms with Crippen LogP contribution in [0.1, 0.15) is 33.3 Å². The lowest BCUT2D eigenvalue weighted by molar-refractivity contribution is 0.338. The Balaban J connectivity index is 0.00000145. The zero-order valence-corrected chi connectivity index (χ0v) is 17.5. The molecular formula is C23H29N5O. The fourth-order valence-corrected chi connectivity index (χ4v) is 2.52. The van der Waals surface area contributed by atoms with Gasteiger partial charge in [0.25, 0.3) is 0 Å². The van der Waals surface area contributed by atoms with Crippen LogP contribution >= 0.6 is 0 Å². The minimum atomic E-state index is 0.499. The number of aromatic nitrogens is 4. The highest BCUT2D eigenvalue weighted by Crippen LogP contribution is 2.23. The van der Waals surface area contributed by atoms with Crippen molar-refractivity contribution in [2.45, 2.75) is 34.2 Å². The summed E-state index contributed by atoms with van der Waals surface area (Å²) in [4.78, 5) is 8.48. The van der Waals surface area contributed by atoms with E-state index in [0.717, 1.165) is 22.3 Å². The molecule has 0 amide bonds. The number of rotatable bonds is 7. The molecule has 0 radical (unpaired) electrons. The number of ether oxygens (including phenoxy) is 1. The summed E-state index contributed by atoms with van der Waals surface area (Å²) in [5.41, 5.74) is 9.93. The summed E-state index contributed by atoms with van der Waals surface area (Å²) < 4.78 is 7.54. The Bertz CT molecular complexity index is 942. The predicted molar refractivity (Wildman–Crippen MR) is 119 cm³/mol. The van der Waals surface area contributed by atoms with E-state index >= 15 is 0 Å². The molecule has 0 saturated carbocycles. The standard InChI is InChI=1S/C21H23N5O.C2H6/c1-3-4-6-16(2)15-27-20-9-8-17(11-24-20)13-26-14-18(12-25-26)19-7-5-10-23-21(19)22;1-2/h3-12,14H,13,15H2,1-2H3,(H2,22,23);1-2H3/b4-3-,16-6+;. The second kappa shape index (κ2) is 11.4. The first-order valence-corrected chi connectivity index (χ1v) is 9.75. The summed E-state index contributed by atoms with van der Waals surface area (Å²) in [6.07, 6.45) is 13.2. The van der Waals surface area contributed by atoms with Crippen LogP contribution in [0.25, 0.3) is 11.1 Å². The van der Waals surface area contributed by atoms with Crippen molar-refractivity contribution in [2.75, 3.05) is 12.3 Å². The van der Waals surface area contributed by atoms with Gasteiger partial charge in [-0.1, -0.05) is 38.1 Å². The second-order valence-electron chi connectivity index (χ2n) is 6.19. The summed E-state index contributed by atoms with van der Waals surface area (Å²) in [6, 6.07) is 7.67. The Kier molecular flexibility index (Phi) is 8.63. The number of nitrogen functional groups attached to an aromatic ring is 1. The van der Waals surface area contributed by atoms with Crippen LogP contribution in [0, 0.1) is 0 Å².